The first-order valence-corrected chi connectivity index (χ1v) is 11.0. The van der Waals surface area contributed by atoms with E-state index in [1.165, 1.54) is 18.9 Å². The van der Waals surface area contributed by atoms with E-state index in [0.29, 0.717) is 28.2 Å². The van der Waals surface area contributed by atoms with Gasteiger partial charge in [-0.15, -0.1) is 0 Å². The second kappa shape index (κ2) is 8.93. The summed E-state index contributed by atoms with van der Waals surface area (Å²) in [6.45, 7) is 2.14. The average Bonchev–Trinajstić information content (AvgIpc) is 3.62. The smallest absolute Gasteiger partial charge is 0.337 e. The summed E-state index contributed by atoms with van der Waals surface area (Å²) in [5.74, 6) is -0.544. The zero-order valence-corrected chi connectivity index (χ0v) is 18.1. The number of aromatic nitrogens is 2. The van der Waals surface area contributed by atoms with Crippen molar-refractivity contribution in [2.45, 2.75) is 42.8 Å². The molecule has 1 saturated carbocycles. The van der Waals surface area contributed by atoms with E-state index >= 15 is 0 Å². The molecule has 1 fully saturated rings. The molecule has 2 aromatic carbocycles. The van der Waals surface area contributed by atoms with Crippen LogP contribution in [0.4, 0.5) is 0 Å². The summed E-state index contributed by atoms with van der Waals surface area (Å²) < 4.78 is 6.43. The first-order chi connectivity index (χ1) is 15.0. The number of hydrogen-bond acceptors (Lipinski definition) is 6. The normalized spacial score (nSPS) is 14.3. The lowest BCUT2D eigenvalue weighted by atomic mass is 10.1. The molecule has 1 aromatic heterocycles. The third kappa shape index (κ3) is 4.64. The maximum Gasteiger partial charge on any atom is 0.337 e. The Bertz CT molecular complexity index is 1190. The first kappa shape index (κ1) is 21.1. The maximum absolute atomic E-state index is 13.0. The Morgan fingerprint density at radius 3 is 2.58 bits per heavy atom. The van der Waals surface area contributed by atoms with E-state index in [9.17, 15) is 14.4 Å². The maximum atomic E-state index is 13.0. The summed E-state index contributed by atoms with van der Waals surface area (Å²) >= 11 is 1.30. The van der Waals surface area contributed by atoms with Crippen molar-refractivity contribution in [1.82, 2.24) is 14.9 Å². The highest BCUT2D eigenvalue weighted by molar-refractivity contribution is 8.00. The average molecular weight is 438 g/mol. The van der Waals surface area contributed by atoms with Gasteiger partial charge in [0, 0.05) is 12.6 Å². The lowest BCUT2D eigenvalue weighted by molar-refractivity contribution is -0.120. The molecule has 3 aromatic rings. The molecule has 7 nitrogen and oxygen atoms in total. The van der Waals surface area contributed by atoms with Crippen LogP contribution in [0.3, 0.4) is 0 Å². The third-order valence-electron chi connectivity index (χ3n) is 5.18. The number of esters is 1. The van der Waals surface area contributed by atoms with E-state index in [1.807, 2.05) is 18.2 Å². The Labute approximate surface area is 183 Å². The SMILES string of the molecule is COC(=O)c1ccc(CNC(=O)[C@H](C)Sc2nc3ccccc3c(=O)n2C2CC2)cc1. The fourth-order valence-corrected chi connectivity index (χ4v) is 4.29. The number of carbonyl (C=O) groups is 2. The summed E-state index contributed by atoms with van der Waals surface area (Å²) in [6.07, 6.45) is 1.91. The number of ether oxygens (including phenoxy) is 1. The Hall–Kier alpha value is -3.13. The topological polar surface area (TPSA) is 90.3 Å². The Morgan fingerprint density at radius 1 is 1.19 bits per heavy atom. The summed E-state index contributed by atoms with van der Waals surface area (Å²) in [5, 5.41) is 3.67. The second-order valence-electron chi connectivity index (χ2n) is 7.48. The number of para-hydroxylation sites is 1. The minimum absolute atomic E-state index is 0.0473. The monoisotopic (exact) mass is 437 g/mol. The van der Waals surface area contributed by atoms with Crippen LogP contribution in [0, 0.1) is 0 Å². The zero-order chi connectivity index (χ0) is 22.0. The quantitative estimate of drug-likeness (QED) is 0.346. The number of amides is 1. The molecular weight excluding hydrogens is 414 g/mol. The second-order valence-corrected chi connectivity index (χ2v) is 8.79. The summed E-state index contributed by atoms with van der Waals surface area (Å²) in [5.41, 5.74) is 1.93. The van der Waals surface area contributed by atoms with E-state index in [4.69, 9.17) is 0 Å². The molecule has 1 aliphatic rings. The molecular formula is C23H23N3O4S. The van der Waals surface area contributed by atoms with E-state index in [0.717, 1.165) is 18.4 Å². The number of nitrogens with zero attached hydrogens (tertiary/aromatic N) is 2. The van der Waals surface area contributed by atoms with E-state index in [-0.39, 0.29) is 17.5 Å². The zero-order valence-electron chi connectivity index (χ0n) is 17.3. The van der Waals surface area contributed by atoms with Crippen molar-refractivity contribution in [3.05, 3.63) is 70.0 Å². The molecule has 1 N–H and O–H groups in total. The van der Waals surface area contributed by atoms with Gasteiger partial charge in [-0.3, -0.25) is 14.2 Å². The molecule has 1 aliphatic carbocycles. The van der Waals surface area contributed by atoms with Crippen molar-refractivity contribution in [3.63, 3.8) is 0 Å². The molecule has 0 radical (unpaired) electrons. The molecule has 4 rings (SSSR count). The van der Waals surface area contributed by atoms with Gasteiger partial charge in [0.2, 0.25) is 5.91 Å². The van der Waals surface area contributed by atoms with Gasteiger partial charge in [0.15, 0.2) is 5.16 Å². The number of fused-ring (bicyclic) bond motifs is 1. The third-order valence-corrected chi connectivity index (χ3v) is 6.25. The van der Waals surface area contributed by atoms with Gasteiger partial charge >= 0.3 is 5.97 Å². The van der Waals surface area contributed by atoms with Crippen molar-refractivity contribution in [2.24, 2.45) is 0 Å². The molecule has 0 aliphatic heterocycles. The van der Waals surface area contributed by atoms with Gasteiger partial charge in [-0.05, 0) is 49.6 Å². The predicted molar refractivity (Wildman–Crippen MR) is 119 cm³/mol. The number of carbonyl (C=O) groups excluding carboxylic acids is 2. The van der Waals surface area contributed by atoms with Crippen LogP contribution in [-0.2, 0) is 16.1 Å². The molecule has 0 bridgehead atoms. The first-order valence-electron chi connectivity index (χ1n) is 10.1. The highest BCUT2D eigenvalue weighted by Crippen LogP contribution is 2.37. The van der Waals surface area contributed by atoms with Crippen molar-refractivity contribution in [1.29, 1.82) is 0 Å². The molecule has 0 unspecified atom stereocenters. The highest BCUT2D eigenvalue weighted by atomic mass is 32.2. The minimum atomic E-state index is -0.424. The van der Waals surface area contributed by atoms with Crippen LogP contribution in [0.15, 0.2) is 58.5 Å². The number of methoxy groups -OCH3 is 1. The van der Waals surface area contributed by atoms with Crippen LogP contribution in [0.5, 0.6) is 0 Å². The van der Waals surface area contributed by atoms with Crippen molar-refractivity contribution < 1.29 is 14.3 Å². The summed E-state index contributed by atoms with van der Waals surface area (Å²) in [7, 11) is 1.34. The summed E-state index contributed by atoms with van der Waals surface area (Å²) in [4.78, 5) is 41.8. The van der Waals surface area contributed by atoms with Gasteiger partial charge < -0.3 is 10.1 Å². The fraction of sp³-hybridized carbons (Fsp3) is 0.304. The number of benzene rings is 2. The van der Waals surface area contributed by atoms with Crippen LogP contribution in [-0.4, -0.2) is 33.8 Å². The van der Waals surface area contributed by atoms with Crippen LogP contribution >= 0.6 is 11.8 Å². The Balaban J connectivity index is 1.45. The van der Waals surface area contributed by atoms with Crippen LogP contribution in [0.2, 0.25) is 0 Å². The van der Waals surface area contributed by atoms with Crippen LogP contribution in [0.25, 0.3) is 10.9 Å². The van der Waals surface area contributed by atoms with Crippen molar-refractivity contribution >= 4 is 34.5 Å². The largest absolute Gasteiger partial charge is 0.465 e. The van der Waals surface area contributed by atoms with E-state index in [2.05, 4.69) is 15.0 Å². The number of rotatable bonds is 7. The van der Waals surface area contributed by atoms with Gasteiger partial charge in [0.1, 0.15) is 0 Å². The van der Waals surface area contributed by atoms with Gasteiger partial charge in [-0.25, -0.2) is 9.78 Å². The molecule has 1 atom stereocenters. The lowest BCUT2D eigenvalue weighted by Gasteiger charge is -2.16. The van der Waals surface area contributed by atoms with Gasteiger partial charge in [-0.1, -0.05) is 36.0 Å². The molecule has 1 amide bonds. The van der Waals surface area contributed by atoms with Crippen LogP contribution < -0.4 is 10.9 Å². The molecule has 8 heteroatoms. The standard InChI is InChI=1S/C23H23N3O4S/c1-14(20(27)24-13-15-7-9-16(10-8-15)22(29)30-2)31-23-25-19-6-4-3-5-18(19)21(28)26(23)17-11-12-17/h3-10,14,17H,11-13H2,1-2H3,(H,24,27)/t14-/m0/s1. The number of nitrogens with one attached hydrogen (secondary N) is 1. The van der Waals surface area contributed by atoms with E-state index < -0.39 is 11.2 Å². The number of thioether (sulfide) groups is 1. The fourth-order valence-electron chi connectivity index (χ4n) is 3.28. The molecule has 1 heterocycles. The van der Waals surface area contributed by atoms with Crippen molar-refractivity contribution in [2.75, 3.05) is 7.11 Å². The highest BCUT2D eigenvalue weighted by Gasteiger charge is 2.30. The minimum Gasteiger partial charge on any atom is -0.465 e. The molecule has 31 heavy (non-hydrogen) atoms. The molecule has 0 spiro atoms. The Kier molecular flexibility index (Phi) is 6.08. The lowest BCUT2D eigenvalue weighted by Crippen LogP contribution is -2.31. The van der Waals surface area contributed by atoms with Gasteiger partial charge in [0.05, 0.1) is 28.8 Å². The number of hydrogen-bond donors (Lipinski definition) is 1. The predicted octanol–water partition coefficient (Wildman–Crippen LogP) is 3.32. The van der Waals surface area contributed by atoms with Crippen LogP contribution in [0.1, 0.15) is 41.7 Å². The van der Waals surface area contributed by atoms with Gasteiger partial charge in [0.25, 0.3) is 5.56 Å². The molecule has 160 valence electrons. The molecule has 0 saturated heterocycles. The Morgan fingerprint density at radius 2 is 1.90 bits per heavy atom. The summed E-state index contributed by atoms with van der Waals surface area (Å²) in [6, 6.07) is 14.4. The van der Waals surface area contributed by atoms with Crippen molar-refractivity contribution in [3.8, 4) is 0 Å². The van der Waals surface area contributed by atoms with Gasteiger partial charge in [-0.2, -0.15) is 0 Å². The van der Waals surface area contributed by atoms with E-state index in [1.54, 1.807) is 41.8 Å².